The van der Waals surface area contributed by atoms with Crippen molar-refractivity contribution in [1.82, 2.24) is 24.6 Å². The molecule has 4 aromatic rings. The molecule has 1 aliphatic rings. The van der Waals surface area contributed by atoms with E-state index in [1.54, 1.807) is 37.6 Å². The fourth-order valence-electron chi connectivity index (χ4n) is 5.04. The second kappa shape index (κ2) is 9.51. The average Bonchev–Trinajstić information content (AvgIpc) is 3.42. The van der Waals surface area contributed by atoms with Gasteiger partial charge in [-0.15, -0.1) is 4.98 Å². The highest BCUT2D eigenvalue weighted by Crippen LogP contribution is 2.36. The van der Waals surface area contributed by atoms with E-state index in [0.29, 0.717) is 29.9 Å². The Labute approximate surface area is 207 Å². The largest absolute Gasteiger partial charge is 0.364 e. The maximum Gasteiger partial charge on any atom is 0.350 e. The standard InChI is InChI=1S/C26H26FN7O2/c1-5-19-15-33(25-23-21(32(4)26(35)30-25)10-11-22(28-3)29-23)16(2)14-34(19)24(20-12-13-36-31-20)17-6-8-18(27)9-7-17/h6-13,16,19,24H,5,14-15H2,1-2,4H3/t16-,19+,24?/m0/s1. The van der Waals surface area contributed by atoms with Gasteiger partial charge in [0.1, 0.15) is 17.8 Å². The maximum atomic E-state index is 13.7. The first-order valence-corrected chi connectivity index (χ1v) is 11.8. The highest BCUT2D eigenvalue weighted by atomic mass is 19.1. The van der Waals surface area contributed by atoms with Gasteiger partial charge in [0.05, 0.1) is 11.6 Å². The molecule has 0 N–H and O–H groups in total. The van der Waals surface area contributed by atoms with Gasteiger partial charge in [-0.05, 0) is 43.2 Å². The maximum absolute atomic E-state index is 13.7. The molecule has 0 spiro atoms. The summed E-state index contributed by atoms with van der Waals surface area (Å²) in [6, 6.07) is 11.5. The Kier molecular flexibility index (Phi) is 6.24. The van der Waals surface area contributed by atoms with E-state index in [9.17, 15) is 9.18 Å². The summed E-state index contributed by atoms with van der Waals surface area (Å²) in [4.78, 5) is 29.6. The van der Waals surface area contributed by atoms with Crippen molar-refractivity contribution in [2.24, 2.45) is 7.05 Å². The van der Waals surface area contributed by atoms with Crippen LogP contribution in [0.2, 0.25) is 0 Å². The van der Waals surface area contributed by atoms with Gasteiger partial charge in [0.25, 0.3) is 5.82 Å². The van der Waals surface area contributed by atoms with Gasteiger partial charge >= 0.3 is 5.69 Å². The van der Waals surface area contributed by atoms with Gasteiger partial charge < -0.3 is 14.3 Å². The number of hydrogen-bond donors (Lipinski definition) is 0. The van der Waals surface area contributed by atoms with Crippen LogP contribution in [0.4, 0.5) is 16.0 Å². The van der Waals surface area contributed by atoms with Crippen molar-refractivity contribution >= 4 is 22.7 Å². The fraction of sp³-hybridized carbons (Fsp3) is 0.346. The number of pyridine rings is 1. The molecule has 9 nitrogen and oxygen atoms in total. The van der Waals surface area contributed by atoms with Crippen molar-refractivity contribution < 1.29 is 8.91 Å². The van der Waals surface area contributed by atoms with Crippen LogP contribution < -0.4 is 10.6 Å². The van der Waals surface area contributed by atoms with Gasteiger partial charge in [0.15, 0.2) is 5.82 Å². The normalized spacial score (nSPS) is 19.4. The lowest BCUT2D eigenvalue weighted by Crippen LogP contribution is -2.58. The van der Waals surface area contributed by atoms with Gasteiger partial charge in [0.2, 0.25) is 5.52 Å². The van der Waals surface area contributed by atoms with Crippen LogP contribution in [0, 0.1) is 12.4 Å². The third-order valence-corrected chi connectivity index (χ3v) is 6.92. The number of anilines is 1. The van der Waals surface area contributed by atoms with Crippen molar-refractivity contribution in [3.8, 4) is 0 Å². The van der Waals surface area contributed by atoms with Crippen molar-refractivity contribution in [1.29, 1.82) is 0 Å². The lowest BCUT2D eigenvalue weighted by Gasteiger charge is -2.48. The summed E-state index contributed by atoms with van der Waals surface area (Å²) >= 11 is 0. The first-order valence-electron chi connectivity index (χ1n) is 11.8. The van der Waals surface area contributed by atoms with Crippen LogP contribution in [0.3, 0.4) is 0 Å². The van der Waals surface area contributed by atoms with Crippen molar-refractivity contribution in [3.05, 3.63) is 87.7 Å². The van der Waals surface area contributed by atoms with E-state index in [-0.39, 0.29) is 35.5 Å². The zero-order chi connectivity index (χ0) is 25.4. The molecule has 0 radical (unpaired) electrons. The molecule has 184 valence electrons. The van der Waals surface area contributed by atoms with Crippen molar-refractivity contribution in [2.75, 3.05) is 18.0 Å². The van der Waals surface area contributed by atoms with Crippen LogP contribution in [0.1, 0.15) is 37.6 Å². The Bertz CT molecular complexity index is 1480. The van der Waals surface area contributed by atoms with Gasteiger partial charge in [0, 0.05) is 38.3 Å². The van der Waals surface area contributed by atoms with E-state index in [4.69, 9.17) is 11.1 Å². The zero-order valence-electron chi connectivity index (χ0n) is 20.3. The molecule has 1 aromatic carbocycles. The predicted octanol–water partition coefficient (Wildman–Crippen LogP) is 4.09. The first kappa shape index (κ1) is 23.6. The summed E-state index contributed by atoms with van der Waals surface area (Å²) in [6.45, 7) is 12.8. The number of piperazine rings is 1. The zero-order valence-corrected chi connectivity index (χ0v) is 20.3. The Balaban J connectivity index is 1.57. The second-order valence-electron chi connectivity index (χ2n) is 9.06. The lowest BCUT2D eigenvalue weighted by atomic mass is 9.95. The molecule has 1 fully saturated rings. The van der Waals surface area contributed by atoms with Gasteiger partial charge in [-0.1, -0.05) is 30.8 Å². The SMILES string of the molecule is [C-]#[N+]c1ccc2c(n1)c(N1C[C@@H](CC)N(C(c3ccc(F)cc3)c3ccon3)C[C@@H]1C)nc(=O)n2C. The highest BCUT2D eigenvalue weighted by Gasteiger charge is 2.39. The molecule has 5 rings (SSSR count). The minimum atomic E-state index is -0.371. The number of halogens is 1. The minimum absolute atomic E-state index is 0.0381. The van der Waals surface area contributed by atoms with Crippen LogP contribution in [0.15, 0.2) is 58.0 Å². The molecule has 36 heavy (non-hydrogen) atoms. The monoisotopic (exact) mass is 487 g/mol. The molecule has 4 heterocycles. The molecule has 1 saturated heterocycles. The Morgan fingerprint density at radius 1 is 1.17 bits per heavy atom. The third kappa shape index (κ3) is 4.12. The van der Waals surface area contributed by atoms with Crippen molar-refractivity contribution in [3.63, 3.8) is 0 Å². The number of aryl methyl sites for hydroxylation is 1. The fourth-order valence-corrected chi connectivity index (χ4v) is 5.04. The molecule has 3 atom stereocenters. The number of nitrogens with zero attached hydrogens (tertiary/aromatic N) is 7. The van der Waals surface area contributed by atoms with Crippen molar-refractivity contribution in [2.45, 2.75) is 38.4 Å². The number of aromatic nitrogens is 4. The summed E-state index contributed by atoms with van der Waals surface area (Å²) in [7, 11) is 1.65. The Hall–Kier alpha value is -4.10. The average molecular weight is 488 g/mol. The van der Waals surface area contributed by atoms with Crippen LogP contribution >= 0.6 is 0 Å². The van der Waals surface area contributed by atoms with E-state index >= 15 is 0 Å². The summed E-state index contributed by atoms with van der Waals surface area (Å²) in [5.74, 6) is 0.451. The van der Waals surface area contributed by atoms with Gasteiger partial charge in [-0.3, -0.25) is 9.47 Å². The topological polar surface area (TPSA) is 84.7 Å². The number of fused-ring (bicyclic) bond motifs is 1. The molecule has 3 aromatic heterocycles. The summed E-state index contributed by atoms with van der Waals surface area (Å²) in [6.07, 6.45) is 2.37. The quantitative estimate of drug-likeness (QED) is 0.392. The summed E-state index contributed by atoms with van der Waals surface area (Å²) in [5, 5.41) is 4.22. The lowest BCUT2D eigenvalue weighted by molar-refractivity contribution is 0.111. The van der Waals surface area contributed by atoms with E-state index in [2.05, 4.69) is 43.6 Å². The predicted molar refractivity (Wildman–Crippen MR) is 133 cm³/mol. The molecule has 0 aliphatic carbocycles. The molecular weight excluding hydrogens is 461 g/mol. The number of rotatable bonds is 5. The van der Waals surface area contributed by atoms with Crippen LogP contribution in [-0.2, 0) is 7.05 Å². The third-order valence-electron chi connectivity index (χ3n) is 6.92. The molecular formula is C26H26FN7O2. The number of hydrogen-bond acceptors (Lipinski definition) is 7. The Morgan fingerprint density at radius 3 is 2.61 bits per heavy atom. The molecule has 1 unspecified atom stereocenters. The van der Waals surface area contributed by atoms with E-state index in [1.165, 1.54) is 16.7 Å². The van der Waals surface area contributed by atoms with E-state index in [0.717, 1.165) is 17.7 Å². The smallest absolute Gasteiger partial charge is 0.350 e. The number of benzene rings is 1. The van der Waals surface area contributed by atoms with E-state index in [1.807, 2.05) is 6.07 Å². The first-order chi connectivity index (χ1) is 17.4. The highest BCUT2D eigenvalue weighted by molar-refractivity contribution is 5.87. The van der Waals surface area contributed by atoms with Gasteiger partial charge in [-0.2, -0.15) is 4.98 Å². The van der Waals surface area contributed by atoms with Crippen LogP contribution in [0.5, 0.6) is 0 Å². The molecule has 0 bridgehead atoms. The molecule has 10 heteroatoms. The van der Waals surface area contributed by atoms with Gasteiger partial charge in [-0.25, -0.2) is 9.18 Å². The van der Waals surface area contributed by atoms with E-state index < -0.39 is 0 Å². The second-order valence-corrected chi connectivity index (χ2v) is 9.06. The van der Waals surface area contributed by atoms with Crippen LogP contribution in [-0.4, -0.2) is 49.8 Å². The van der Waals surface area contributed by atoms with Crippen LogP contribution in [0.25, 0.3) is 15.9 Å². The summed E-state index contributed by atoms with van der Waals surface area (Å²) in [5.41, 5.74) is 2.47. The summed E-state index contributed by atoms with van der Waals surface area (Å²) < 4.78 is 20.3. The molecule has 1 aliphatic heterocycles. The molecule has 0 amide bonds. The molecule has 0 saturated carbocycles. The minimum Gasteiger partial charge on any atom is -0.364 e. The Morgan fingerprint density at radius 2 is 1.94 bits per heavy atom.